The minimum absolute atomic E-state index is 0.0421. The molecular formula is C25H35F4N5S. The maximum Gasteiger partial charge on any atom is 0.304 e. The third-order valence-corrected chi connectivity index (χ3v) is 8.14. The Morgan fingerprint density at radius 2 is 1.60 bits per heavy atom. The first-order valence-electron chi connectivity index (χ1n) is 12.5. The van der Waals surface area contributed by atoms with Crippen LogP contribution in [0.4, 0.5) is 17.6 Å². The smallest absolute Gasteiger partial charge is 0.304 e. The van der Waals surface area contributed by atoms with Gasteiger partial charge in [-0.15, -0.1) is 10.2 Å². The number of nitrogens with zero attached hydrogens (tertiary/aromatic N) is 5. The summed E-state index contributed by atoms with van der Waals surface area (Å²) in [6, 6.07) is 3.99. The third kappa shape index (κ3) is 6.20. The summed E-state index contributed by atoms with van der Waals surface area (Å²) >= 11 is 4.46. The summed E-state index contributed by atoms with van der Waals surface area (Å²) in [7, 11) is 0. The molecule has 0 spiro atoms. The number of aryl methyl sites for hydroxylation is 1. The topological polar surface area (TPSA) is 37.2 Å². The Morgan fingerprint density at radius 3 is 2.17 bits per heavy atom. The molecule has 10 heteroatoms. The number of hydrogen-bond acceptors (Lipinski definition) is 5. The minimum atomic E-state index is -3.04. The van der Waals surface area contributed by atoms with Gasteiger partial charge in [-0.25, -0.2) is 8.78 Å². The van der Waals surface area contributed by atoms with Crippen LogP contribution in [0.15, 0.2) is 18.2 Å². The zero-order valence-corrected chi connectivity index (χ0v) is 21.5. The average Bonchev–Trinajstić information content (AvgIpc) is 3.19. The Labute approximate surface area is 210 Å². The van der Waals surface area contributed by atoms with Crippen LogP contribution in [0, 0.1) is 24.5 Å². The summed E-state index contributed by atoms with van der Waals surface area (Å²) in [6.07, 6.45) is 4.10. The van der Waals surface area contributed by atoms with E-state index in [0.29, 0.717) is 11.7 Å². The molecule has 1 aromatic heterocycles. The van der Waals surface area contributed by atoms with E-state index < -0.39 is 17.6 Å². The van der Waals surface area contributed by atoms with Gasteiger partial charge in [0.05, 0.1) is 0 Å². The van der Waals surface area contributed by atoms with Crippen LogP contribution in [0.5, 0.6) is 0 Å². The maximum atomic E-state index is 14.1. The van der Waals surface area contributed by atoms with E-state index >= 15 is 0 Å². The fourth-order valence-corrected chi connectivity index (χ4v) is 6.12. The van der Waals surface area contributed by atoms with E-state index in [0.717, 1.165) is 76.8 Å². The highest BCUT2D eigenvalue weighted by atomic mass is 32.1. The number of alkyl halides is 2. The second-order valence-electron chi connectivity index (χ2n) is 10.3. The van der Waals surface area contributed by atoms with Crippen molar-refractivity contribution in [2.45, 2.75) is 76.8 Å². The molecule has 3 heterocycles. The van der Waals surface area contributed by atoms with Crippen molar-refractivity contribution in [1.29, 1.82) is 0 Å². The van der Waals surface area contributed by atoms with Crippen molar-refractivity contribution in [2.75, 3.05) is 26.2 Å². The highest BCUT2D eigenvalue weighted by Crippen LogP contribution is 2.39. The number of hydrogen-bond donors (Lipinski definition) is 1. The summed E-state index contributed by atoms with van der Waals surface area (Å²) in [4.78, 5) is 2.37. The summed E-state index contributed by atoms with van der Waals surface area (Å²) in [6.45, 7) is 7.96. The van der Waals surface area contributed by atoms with Gasteiger partial charge in [-0.2, -0.15) is 8.78 Å². The zero-order valence-electron chi connectivity index (χ0n) is 20.6. The van der Waals surface area contributed by atoms with E-state index in [1.807, 2.05) is 4.31 Å². The molecule has 0 N–H and O–H groups in total. The number of halogens is 4. The first-order valence-corrected chi connectivity index (χ1v) is 12.9. The van der Waals surface area contributed by atoms with Crippen LogP contribution in [0.25, 0.3) is 0 Å². The van der Waals surface area contributed by atoms with E-state index in [4.69, 9.17) is 0 Å². The molecule has 0 radical (unpaired) electrons. The van der Waals surface area contributed by atoms with Gasteiger partial charge in [0.1, 0.15) is 17.5 Å². The molecule has 2 aliphatic rings. The number of rotatable bonds is 7. The van der Waals surface area contributed by atoms with Crippen LogP contribution in [-0.2, 0) is 5.92 Å². The second kappa shape index (κ2) is 10.8. The molecule has 5 nitrogen and oxygen atoms in total. The molecule has 0 saturated carbocycles. The quantitative estimate of drug-likeness (QED) is 0.379. The van der Waals surface area contributed by atoms with E-state index in [1.54, 1.807) is 11.5 Å². The lowest BCUT2D eigenvalue weighted by molar-refractivity contribution is 0.00000803. The van der Waals surface area contributed by atoms with Gasteiger partial charge in [-0.1, -0.05) is 12.8 Å². The van der Waals surface area contributed by atoms with Crippen LogP contribution in [0.2, 0.25) is 0 Å². The number of thiol groups is 1. The third-order valence-electron chi connectivity index (χ3n) is 7.74. The Kier molecular flexibility index (Phi) is 8.12. The van der Waals surface area contributed by atoms with Crippen molar-refractivity contribution >= 4 is 12.8 Å². The van der Waals surface area contributed by atoms with Gasteiger partial charge >= 0.3 is 5.92 Å². The summed E-state index contributed by atoms with van der Waals surface area (Å²) in [5.74, 6) is -3.52. The zero-order chi connectivity index (χ0) is 25.3. The molecule has 2 fully saturated rings. The lowest BCUT2D eigenvalue weighted by Crippen LogP contribution is -2.42. The normalized spacial score (nSPS) is 21.4. The SMILES string of the molecule is Cc1nnc(C(C)(F)F)n1C1CCN([C@H](C)C[C@@H](c2cc(F)cc(F)c2)C2CCN(S)CC2)CC1. The van der Waals surface area contributed by atoms with Crippen LogP contribution >= 0.6 is 12.8 Å². The molecule has 35 heavy (non-hydrogen) atoms. The molecule has 2 atom stereocenters. The molecular weight excluding hydrogens is 478 g/mol. The summed E-state index contributed by atoms with van der Waals surface area (Å²) < 4.78 is 59.9. The Balaban J connectivity index is 1.46. The fourth-order valence-electron chi connectivity index (χ4n) is 5.89. The molecule has 194 valence electrons. The summed E-state index contributed by atoms with van der Waals surface area (Å²) in [5, 5.41) is 7.65. The monoisotopic (exact) mass is 513 g/mol. The van der Waals surface area contributed by atoms with Crippen molar-refractivity contribution in [1.82, 2.24) is 24.0 Å². The van der Waals surface area contributed by atoms with Crippen molar-refractivity contribution < 1.29 is 17.6 Å². The molecule has 2 aromatic rings. The first kappa shape index (κ1) is 26.4. The van der Waals surface area contributed by atoms with Crippen LogP contribution in [0.1, 0.15) is 75.1 Å². The van der Waals surface area contributed by atoms with Gasteiger partial charge in [-0.3, -0.25) is 4.31 Å². The molecule has 1 aromatic carbocycles. The number of aromatic nitrogens is 3. The molecule has 0 aliphatic carbocycles. The Morgan fingerprint density at radius 1 is 1.00 bits per heavy atom. The first-order chi connectivity index (χ1) is 16.5. The number of likely N-dealkylation sites (tertiary alicyclic amines) is 1. The molecule has 0 unspecified atom stereocenters. The predicted octanol–water partition coefficient (Wildman–Crippen LogP) is 5.73. The van der Waals surface area contributed by atoms with Gasteiger partial charge in [0.15, 0.2) is 0 Å². The van der Waals surface area contributed by atoms with Gasteiger partial charge in [0, 0.05) is 51.3 Å². The van der Waals surface area contributed by atoms with Gasteiger partial charge < -0.3 is 9.47 Å². The molecule has 0 amide bonds. The Hall–Kier alpha value is -1.65. The predicted molar refractivity (Wildman–Crippen MR) is 131 cm³/mol. The van der Waals surface area contributed by atoms with Gasteiger partial charge in [0.25, 0.3) is 0 Å². The van der Waals surface area contributed by atoms with Crippen molar-refractivity contribution in [3.05, 3.63) is 47.0 Å². The molecule has 2 saturated heterocycles. The van der Waals surface area contributed by atoms with E-state index in [2.05, 4.69) is 34.8 Å². The molecule has 4 rings (SSSR count). The minimum Gasteiger partial charge on any atom is -0.307 e. The highest BCUT2D eigenvalue weighted by molar-refractivity contribution is 7.77. The summed E-state index contributed by atoms with van der Waals surface area (Å²) in [5.41, 5.74) is 0.719. The standard InChI is InChI=1S/C25H35F4N5S/c1-16(32-8-6-22(7-9-32)34-17(2)30-31-24(34)25(3,28)29)12-23(18-4-10-33(35)11-5-18)19-13-20(26)15-21(27)14-19/h13-16,18,22-23,35H,4-12H2,1-3H3/t16-,23-/m1/s1. The average molecular weight is 514 g/mol. The fraction of sp³-hybridized carbons (Fsp3) is 0.680. The van der Waals surface area contributed by atoms with Crippen molar-refractivity contribution in [3.8, 4) is 0 Å². The van der Waals surface area contributed by atoms with Crippen molar-refractivity contribution in [3.63, 3.8) is 0 Å². The van der Waals surface area contributed by atoms with Crippen LogP contribution in [0.3, 0.4) is 0 Å². The highest BCUT2D eigenvalue weighted by Gasteiger charge is 2.36. The largest absolute Gasteiger partial charge is 0.307 e. The van der Waals surface area contributed by atoms with Gasteiger partial charge in [0.2, 0.25) is 5.82 Å². The van der Waals surface area contributed by atoms with E-state index in [-0.39, 0.29) is 23.8 Å². The second-order valence-corrected chi connectivity index (χ2v) is 10.8. The van der Waals surface area contributed by atoms with E-state index in [9.17, 15) is 17.6 Å². The van der Waals surface area contributed by atoms with Crippen LogP contribution in [-0.4, -0.2) is 56.2 Å². The molecule has 0 bridgehead atoms. The van der Waals surface area contributed by atoms with Gasteiger partial charge in [-0.05, 0) is 75.5 Å². The Bertz CT molecular complexity index is 974. The molecule has 2 aliphatic heterocycles. The lowest BCUT2D eigenvalue weighted by atomic mass is 9.77. The van der Waals surface area contributed by atoms with E-state index in [1.165, 1.54) is 12.1 Å². The number of benzene rings is 1. The van der Waals surface area contributed by atoms with Crippen LogP contribution < -0.4 is 0 Å². The maximum absolute atomic E-state index is 14.1. The number of piperidine rings is 2. The van der Waals surface area contributed by atoms with Crippen molar-refractivity contribution in [2.24, 2.45) is 5.92 Å². The lowest BCUT2D eigenvalue weighted by Gasteiger charge is -2.40.